The van der Waals surface area contributed by atoms with Crippen LogP contribution in [0.25, 0.3) is 0 Å². The minimum absolute atomic E-state index is 0.0282. The van der Waals surface area contributed by atoms with Gasteiger partial charge in [0.05, 0.1) is 19.8 Å². The molecule has 2 aromatic rings. The lowest BCUT2D eigenvalue weighted by molar-refractivity contribution is -0.270. The van der Waals surface area contributed by atoms with Crippen molar-refractivity contribution in [1.82, 2.24) is 5.32 Å². The number of hydrogen-bond acceptors (Lipinski definition) is 8. The first-order valence-electron chi connectivity index (χ1n) is 11.4. The van der Waals surface area contributed by atoms with Gasteiger partial charge in [0.1, 0.15) is 24.9 Å². The van der Waals surface area contributed by atoms with E-state index in [0.717, 1.165) is 11.1 Å². The topological polar surface area (TPSA) is 113 Å². The summed E-state index contributed by atoms with van der Waals surface area (Å²) < 4.78 is 26.2. The molecular formula is C25H28Cl3NO8. The van der Waals surface area contributed by atoms with Crippen molar-refractivity contribution >= 4 is 46.9 Å². The number of ether oxygens (including phenoxy) is 5. The predicted molar refractivity (Wildman–Crippen MR) is 136 cm³/mol. The van der Waals surface area contributed by atoms with Crippen LogP contribution in [0.4, 0.5) is 4.79 Å². The van der Waals surface area contributed by atoms with Crippen molar-refractivity contribution < 1.29 is 38.4 Å². The molecule has 1 amide bonds. The van der Waals surface area contributed by atoms with Crippen LogP contribution >= 0.6 is 34.8 Å². The van der Waals surface area contributed by atoms with Gasteiger partial charge in [0.15, 0.2) is 12.4 Å². The highest BCUT2D eigenvalue weighted by Gasteiger charge is 2.49. The van der Waals surface area contributed by atoms with Gasteiger partial charge < -0.3 is 34.1 Å². The van der Waals surface area contributed by atoms with Crippen LogP contribution in [0.3, 0.4) is 0 Å². The van der Waals surface area contributed by atoms with Crippen LogP contribution in [-0.2, 0) is 41.7 Å². The maximum absolute atomic E-state index is 12.4. The molecule has 9 nitrogen and oxygen atoms in total. The molecule has 0 spiro atoms. The van der Waals surface area contributed by atoms with Crippen molar-refractivity contribution in [2.45, 2.75) is 54.6 Å². The first-order chi connectivity index (χ1) is 17.6. The molecule has 37 heavy (non-hydrogen) atoms. The molecular weight excluding hydrogens is 549 g/mol. The molecule has 1 heterocycles. The Morgan fingerprint density at radius 2 is 1.57 bits per heavy atom. The number of halogens is 3. The van der Waals surface area contributed by atoms with Crippen LogP contribution < -0.4 is 5.32 Å². The molecule has 1 aliphatic rings. The van der Waals surface area contributed by atoms with Gasteiger partial charge in [-0.3, -0.25) is 4.79 Å². The number of alkyl carbamates (subject to hydrolysis) is 1. The third kappa shape index (κ3) is 9.94. The van der Waals surface area contributed by atoms with Crippen molar-refractivity contribution in [2.75, 3.05) is 13.2 Å². The lowest BCUT2D eigenvalue weighted by Gasteiger charge is -2.44. The van der Waals surface area contributed by atoms with E-state index in [1.807, 2.05) is 60.7 Å². The van der Waals surface area contributed by atoms with E-state index in [-0.39, 0.29) is 19.8 Å². The molecule has 1 unspecified atom stereocenters. The summed E-state index contributed by atoms with van der Waals surface area (Å²) in [6, 6.07) is 17.5. The largest absolute Gasteiger partial charge is 0.457 e. The fourth-order valence-corrected chi connectivity index (χ4v) is 3.86. The Morgan fingerprint density at radius 3 is 2.14 bits per heavy atom. The molecule has 2 aromatic carbocycles. The van der Waals surface area contributed by atoms with Gasteiger partial charge >= 0.3 is 12.1 Å². The number of benzene rings is 2. The molecule has 5 atom stereocenters. The minimum Gasteiger partial charge on any atom is -0.457 e. The van der Waals surface area contributed by atoms with Crippen molar-refractivity contribution in [3.05, 3.63) is 71.8 Å². The zero-order valence-corrected chi connectivity index (χ0v) is 22.2. The molecule has 1 aliphatic heterocycles. The van der Waals surface area contributed by atoms with Crippen molar-refractivity contribution in [3.63, 3.8) is 0 Å². The van der Waals surface area contributed by atoms with Gasteiger partial charge in [0.2, 0.25) is 3.79 Å². The summed E-state index contributed by atoms with van der Waals surface area (Å²) in [4.78, 5) is 24.4. The Hall–Kier alpha value is -2.11. The third-order valence-electron chi connectivity index (χ3n) is 5.30. The molecule has 202 valence electrons. The number of alkyl halides is 3. The summed E-state index contributed by atoms with van der Waals surface area (Å²) in [5.41, 5.74) is 1.75. The summed E-state index contributed by atoms with van der Waals surface area (Å²) in [6.07, 6.45) is -5.54. The second kappa shape index (κ2) is 14.2. The Balaban J connectivity index is 1.77. The Morgan fingerprint density at radius 1 is 0.973 bits per heavy atom. The van der Waals surface area contributed by atoms with Gasteiger partial charge in [-0.2, -0.15) is 0 Å². The minimum atomic E-state index is -1.83. The number of nitrogens with one attached hydrogen (secondary N) is 1. The third-order valence-corrected chi connectivity index (χ3v) is 5.63. The van der Waals surface area contributed by atoms with Crippen LogP contribution in [0.15, 0.2) is 60.7 Å². The molecule has 12 heteroatoms. The van der Waals surface area contributed by atoms with Gasteiger partial charge in [0.25, 0.3) is 0 Å². The maximum atomic E-state index is 12.4. The Labute approximate surface area is 229 Å². The van der Waals surface area contributed by atoms with E-state index in [9.17, 15) is 14.7 Å². The van der Waals surface area contributed by atoms with Gasteiger partial charge in [-0.25, -0.2) is 4.79 Å². The van der Waals surface area contributed by atoms with E-state index in [1.54, 1.807) is 0 Å². The van der Waals surface area contributed by atoms with E-state index in [0.29, 0.717) is 0 Å². The molecule has 1 saturated heterocycles. The van der Waals surface area contributed by atoms with Crippen LogP contribution in [-0.4, -0.2) is 64.8 Å². The highest BCUT2D eigenvalue weighted by atomic mass is 35.6. The number of aliphatic hydroxyl groups is 1. The Kier molecular flexibility index (Phi) is 11.3. The molecule has 0 radical (unpaired) electrons. The Bertz CT molecular complexity index is 992. The van der Waals surface area contributed by atoms with Gasteiger partial charge in [-0.05, 0) is 11.1 Å². The van der Waals surface area contributed by atoms with Crippen molar-refractivity contribution in [1.29, 1.82) is 0 Å². The smallest absolute Gasteiger partial charge is 0.407 e. The lowest BCUT2D eigenvalue weighted by atomic mass is 9.96. The monoisotopic (exact) mass is 575 g/mol. The van der Waals surface area contributed by atoms with Gasteiger partial charge in [-0.1, -0.05) is 95.5 Å². The summed E-state index contributed by atoms with van der Waals surface area (Å²) in [7, 11) is 0. The summed E-state index contributed by atoms with van der Waals surface area (Å²) in [5.74, 6) is -0.608. The van der Waals surface area contributed by atoms with Crippen LogP contribution in [0.1, 0.15) is 18.1 Å². The number of amides is 1. The van der Waals surface area contributed by atoms with Crippen molar-refractivity contribution in [2.24, 2.45) is 0 Å². The second-order valence-corrected chi connectivity index (χ2v) is 10.8. The molecule has 0 aromatic heterocycles. The van der Waals surface area contributed by atoms with E-state index >= 15 is 0 Å². The highest BCUT2D eigenvalue weighted by molar-refractivity contribution is 6.67. The maximum Gasteiger partial charge on any atom is 0.407 e. The molecule has 0 aliphatic carbocycles. The molecule has 2 N–H and O–H groups in total. The second-order valence-electron chi connectivity index (χ2n) is 8.26. The quantitative estimate of drug-likeness (QED) is 0.324. The number of esters is 1. The van der Waals surface area contributed by atoms with E-state index in [4.69, 9.17) is 58.5 Å². The number of carbonyl (C=O) groups excluding carboxylic acids is 2. The zero-order valence-electron chi connectivity index (χ0n) is 19.9. The SMILES string of the molecule is CC(=O)O[C@H]1[C@H](OCc2ccccc2)[C@@H](NC(=O)OCC(Cl)(Cl)Cl)C(O)O[C@@H]1COCc1ccccc1. The molecule has 0 saturated carbocycles. The fourth-order valence-electron chi connectivity index (χ4n) is 3.70. The van der Waals surface area contributed by atoms with Crippen LogP contribution in [0.2, 0.25) is 0 Å². The first-order valence-corrected chi connectivity index (χ1v) is 12.5. The average Bonchev–Trinajstić information content (AvgIpc) is 2.85. The first kappa shape index (κ1) is 29.4. The summed E-state index contributed by atoms with van der Waals surface area (Å²) >= 11 is 16.9. The predicted octanol–water partition coefficient (Wildman–Crippen LogP) is 3.90. The summed E-state index contributed by atoms with van der Waals surface area (Å²) in [6.45, 7) is 1.03. The standard InChI is InChI=1S/C25H28Cl3NO8/c1-16(30)36-21-19(14-33-12-17-8-4-2-5-9-17)37-23(31)20(29-24(32)35-15-25(26,27)28)22(21)34-13-18-10-6-3-7-11-18/h2-11,19-23,31H,12-15H2,1H3,(H,29,32)/t19-,20-,21-,22-,23?/m1/s1. The number of hydrogen-bond donors (Lipinski definition) is 2. The van der Waals surface area contributed by atoms with Crippen molar-refractivity contribution in [3.8, 4) is 0 Å². The van der Waals surface area contributed by atoms with Crippen LogP contribution in [0.5, 0.6) is 0 Å². The fraction of sp³-hybridized carbons (Fsp3) is 0.440. The molecule has 0 bridgehead atoms. The number of carbonyl (C=O) groups is 2. The van der Waals surface area contributed by atoms with Gasteiger partial charge in [-0.15, -0.1) is 0 Å². The van der Waals surface area contributed by atoms with Gasteiger partial charge in [0, 0.05) is 6.92 Å². The zero-order chi connectivity index (χ0) is 26.8. The average molecular weight is 577 g/mol. The van der Waals surface area contributed by atoms with E-state index in [1.165, 1.54) is 6.92 Å². The van der Waals surface area contributed by atoms with Crippen LogP contribution in [0, 0.1) is 0 Å². The van der Waals surface area contributed by atoms with E-state index in [2.05, 4.69) is 5.32 Å². The lowest BCUT2D eigenvalue weighted by Crippen LogP contribution is -2.66. The van der Waals surface area contributed by atoms with E-state index < -0.39 is 53.1 Å². The molecule has 1 fully saturated rings. The summed E-state index contributed by atoms with van der Waals surface area (Å²) in [5, 5.41) is 13.3. The number of aliphatic hydroxyl groups excluding tert-OH is 1. The number of rotatable bonds is 10. The molecule has 3 rings (SSSR count). The highest BCUT2D eigenvalue weighted by Crippen LogP contribution is 2.28. The normalized spacial score (nSPS) is 23.8.